The zero-order valence-corrected chi connectivity index (χ0v) is 17.9. The van der Waals surface area contributed by atoms with Gasteiger partial charge in [0.05, 0.1) is 11.0 Å². The summed E-state index contributed by atoms with van der Waals surface area (Å²) in [5.41, 5.74) is 1.97. The molecular formula is C21H26N6O2S. The van der Waals surface area contributed by atoms with E-state index in [1.807, 2.05) is 29.2 Å². The molecule has 9 heteroatoms. The number of rotatable bonds is 7. The third-order valence-electron chi connectivity index (χ3n) is 5.31. The third-order valence-corrected chi connectivity index (χ3v) is 6.21. The Kier molecular flexibility index (Phi) is 6.37. The number of carbonyl (C=O) groups excluding carboxylic acids is 2. The number of anilines is 1. The summed E-state index contributed by atoms with van der Waals surface area (Å²) in [5, 5.41) is 12.2. The maximum atomic E-state index is 12.7. The van der Waals surface area contributed by atoms with Gasteiger partial charge in [-0.25, -0.2) is 4.98 Å². The minimum Gasteiger partial charge on any atom is -0.342 e. The molecular weight excluding hydrogens is 400 g/mol. The van der Waals surface area contributed by atoms with Crippen molar-refractivity contribution >= 4 is 39.3 Å². The molecule has 1 saturated heterocycles. The Morgan fingerprint density at radius 1 is 1.27 bits per heavy atom. The molecule has 0 spiro atoms. The molecule has 2 aromatic heterocycles. The van der Waals surface area contributed by atoms with Gasteiger partial charge in [0, 0.05) is 38.3 Å². The summed E-state index contributed by atoms with van der Waals surface area (Å²) in [7, 11) is 0. The Bertz CT molecular complexity index is 996. The number of H-pyrrole nitrogens is 1. The molecule has 1 aromatic carbocycles. The molecule has 0 saturated carbocycles. The van der Waals surface area contributed by atoms with Crippen LogP contribution in [0.3, 0.4) is 0 Å². The number of fused-ring (bicyclic) bond motifs is 1. The van der Waals surface area contributed by atoms with Crippen molar-refractivity contribution in [2.24, 2.45) is 0 Å². The van der Waals surface area contributed by atoms with Crippen LogP contribution in [0.2, 0.25) is 0 Å². The topological polar surface area (TPSA) is 104 Å². The van der Waals surface area contributed by atoms with Gasteiger partial charge in [-0.2, -0.15) is 0 Å². The van der Waals surface area contributed by atoms with Crippen molar-refractivity contribution < 1.29 is 9.59 Å². The first kappa shape index (κ1) is 20.5. The molecule has 1 atom stereocenters. The standard InChI is InChI=1S/C21H26N6O2S/c1-2-6-18-25-26-21(30-18)24-17(28)10-11-19(29)27-12-5-7-14(13-27)20-22-15-8-3-4-9-16(15)23-20/h3-4,8-9,14H,2,5-7,10-13H2,1H3,(H,22,23)(H,24,26,28). The third kappa shape index (κ3) is 4.84. The van der Waals surface area contributed by atoms with Crippen molar-refractivity contribution in [2.45, 2.75) is 51.4 Å². The molecule has 3 heterocycles. The first-order valence-electron chi connectivity index (χ1n) is 10.5. The van der Waals surface area contributed by atoms with Gasteiger partial charge in [0.2, 0.25) is 16.9 Å². The number of aryl methyl sites for hydroxylation is 1. The Morgan fingerprint density at radius 2 is 2.13 bits per heavy atom. The lowest BCUT2D eigenvalue weighted by atomic mass is 9.97. The summed E-state index contributed by atoms with van der Waals surface area (Å²) < 4.78 is 0. The Morgan fingerprint density at radius 3 is 2.97 bits per heavy atom. The van der Waals surface area contributed by atoms with Crippen LogP contribution in [0.1, 0.15) is 55.8 Å². The van der Waals surface area contributed by atoms with Crippen molar-refractivity contribution in [1.29, 1.82) is 0 Å². The lowest BCUT2D eigenvalue weighted by Crippen LogP contribution is -2.39. The van der Waals surface area contributed by atoms with Crippen LogP contribution in [-0.4, -0.2) is 50.0 Å². The van der Waals surface area contributed by atoms with Crippen molar-refractivity contribution in [3.05, 3.63) is 35.1 Å². The van der Waals surface area contributed by atoms with Crippen molar-refractivity contribution in [3.63, 3.8) is 0 Å². The number of likely N-dealkylation sites (tertiary alicyclic amines) is 1. The normalized spacial score (nSPS) is 16.7. The summed E-state index contributed by atoms with van der Waals surface area (Å²) >= 11 is 1.39. The number of amides is 2. The van der Waals surface area contributed by atoms with E-state index in [4.69, 9.17) is 4.98 Å². The van der Waals surface area contributed by atoms with E-state index in [1.165, 1.54) is 11.3 Å². The number of nitrogens with zero attached hydrogens (tertiary/aromatic N) is 4. The monoisotopic (exact) mass is 426 g/mol. The number of benzene rings is 1. The maximum absolute atomic E-state index is 12.7. The molecule has 0 aliphatic carbocycles. The van der Waals surface area contributed by atoms with Crippen LogP contribution >= 0.6 is 11.3 Å². The Labute approximate surface area is 179 Å². The Hall–Kier alpha value is -2.81. The number of hydrogen-bond donors (Lipinski definition) is 2. The Balaban J connectivity index is 1.29. The SMILES string of the molecule is CCCc1nnc(NC(=O)CCC(=O)N2CCCC(c3nc4ccccc4[nH]3)C2)s1. The predicted molar refractivity (Wildman–Crippen MR) is 116 cm³/mol. The minimum absolute atomic E-state index is 0.00916. The van der Waals surface area contributed by atoms with Crippen LogP contribution in [0.25, 0.3) is 11.0 Å². The molecule has 3 aromatic rings. The van der Waals surface area contributed by atoms with Crippen molar-refractivity contribution in [3.8, 4) is 0 Å². The van der Waals surface area contributed by atoms with Crippen LogP contribution in [0.4, 0.5) is 5.13 Å². The average Bonchev–Trinajstić information content (AvgIpc) is 3.39. The molecule has 4 rings (SSSR count). The molecule has 1 aliphatic heterocycles. The van der Waals surface area contributed by atoms with E-state index in [0.717, 1.165) is 54.1 Å². The second-order valence-electron chi connectivity index (χ2n) is 7.62. The number of hydrogen-bond acceptors (Lipinski definition) is 6. The van der Waals surface area contributed by atoms with Gasteiger partial charge in [-0.3, -0.25) is 9.59 Å². The van der Waals surface area contributed by atoms with Gasteiger partial charge in [0.25, 0.3) is 0 Å². The number of carbonyl (C=O) groups is 2. The van der Waals surface area contributed by atoms with Gasteiger partial charge in [-0.05, 0) is 31.4 Å². The molecule has 30 heavy (non-hydrogen) atoms. The molecule has 0 bridgehead atoms. The maximum Gasteiger partial charge on any atom is 0.226 e. The molecule has 1 fully saturated rings. The van der Waals surface area contributed by atoms with E-state index in [0.29, 0.717) is 11.7 Å². The summed E-state index contributed by atoms with van der Waals surface area (Å²) in [6.45, 7) is 3.44. The van der Waals surface area contributed by atoms with Gasteiger partial charge in [-0.1, -0.05) is 30.4 Å². The first-order valence-corrected chi connectivity index (χ1v) is 11.3. The fourth-order valence-electron chi connectivity index (χ4n) is 3.77. The van der Waals surface area contributed by atoms with Crippen LogP contribution in [0, 0.1) is 0 Å². The van der Waals surface area contributed by atoms with Crippen LogP contribution < -0.4 is 5.32 Å². The highest BCUT2D eigenvalue weighted by molar-refractivity contribution is 7.15. The molecule has 158 valence electrons. The number of para-hydroxylation sites is 2. The predicted octanol–water partition coefficient (Wildman–Crippen LogP) is 3.49. The lowest BCUT2D eigenvalue weighted by Gasteiger charge is -2.32. The van der Waals surface area contributed by atoms with E-state index in [2.05, 4.69) is 27.4 Å². The zero-order valence-electron chi connectivity index (χ0n) is 17.1. The van der Waals surface area contributed by atoms with Crippen molar-refractivity contribution in [2.75, 3.05) is 18.4 Å². The molecule has 0 radical (unpaired) electrons. The molecule has 1 aliphatic rings. The second-order valence-corrected chi connectivity index (χ2v) is 8.68. The number of piperidine rings is 1. The highest BCUT2D eigenvalue weighted by atomic mass is 32.1. The number of imidazole rings is 1. The van der Waals surface area contributed by atoms with Gasteiger partial charge < -0.3 is 15.2 Å². The zero-order chi connectivity index (χ0) is 20.9. The first-order chi connectivity index (χ1) is 14.6. The molecule has 8 nitrogen and oxygen atoms in total. The fraction of sp³-hybridized carbons (Fsp3) is 0.476. The van der Waals surface area contributed by atoms with Crippen molar-refractivity contribution in [1.82, 2.24) is 25.1 Å². The lowest BCUT2D eigenvalue weighted by molar-refractivity contribution is -0.134. The molecule has 1 unspecified atom stereocenters. The largest absolute Gasteiger partial charge is 0.342 e. The quantitative estimate of drug-likeness (QED) is 0.602. The van der Waals surface area contributed by atoms with E-state index < -0.39 is 0 Å². The average molecular weight is 427 g/mol. The minimum atomic E-state index is -0.201. The van der Waals surface area contributed by atoms with Gasteiger partial charge >= 0.3 is 0 Å². The smallest absolute Gasteiger partial charge is 0.226 e. The van der Waals surface area contributed by atoms with Gasteiger partial charge in [-0.15, -0.1) is 10.2 Å². The van der Waals surface area contributed by atoms with E-state index >= 15 is 0 Å². The van der Waals surface area contributed by atoms with E-state index in [9.17, 15) is 9.59 Å². The number of aromatic amines is 1. The van der Waals surface area contributed by atoms with E-state index in [1.54, 1.807) is 0 Å². The van der Waals surface area contributed by atoms with Crippen LogP contribution in [0.5, 0.6) is 0 Å². The van der Waals surface area contributed by atoms with Gasteiger partial charge in [0.15, 0.2) is 0 Å². The number of aromatic nitrogens is 4. The summed E-state index contributed by atoms with van der Waals surface area (Å²) in [4.78, 5) is 34.8. The summed E-state index contributed by atoms with van der Waals surface area (Å²) in [6, 6.07) is 7.96. The summed E-state index contributed by atoms with van der Waals surface area (Å²) in [6.07, 6.45) is 4.12. The highest BCUT2D eigenvalue weighted by Gasteiger charge is 2.27. The van der Waals surface area contributed by atoms with Crippen LogP contribution in [-0.2, 0) is 16.0 Å². The fourth-order valence-corrected chi connectivity index (χ4v) is 4.63. The second kappa shape index (κ2) is 9.34. The van der Waals surface area contributed by atoms with Crippen LogP contribution in [0.15, 0.2) is 24.3 Å². The van der Waals surface area contributed by atoms with E-state index in [-0.39, 0.29) is 30.6 Å². The highest BCUT2D eigenvalue weighted by Crippen LogP contribution is 2.27. The van der Waals surface area contributed by atoms with Gasteiger partial charge in [0.1, 0.15) is 10.8 Å². The summed E-state index contributed by atoms with van der Waals surface area (Å²) in [5.74, 6) is 0.941. The molecule has 2 N–H and O–H groups in total. The molecule has 2 amide bonds. The number of nitrogens with one attached hydrogen (secondary N) is 2.